The normalized spacial score (nSPS) is 15.7. The van der Waals surface area contributed by atoms with Gasteiger partial charge in [0.25, 0.3) is 5.91 Å². The Kier molecular flexibility index (Phi) is 4.43. The third kappa shape index (κ3) is 3.14. The molecule has 2 aromatic heterocycles. The topological polar surface area (TPSA) is 36.4 Å². The van der Waals surface area contributed by atoms with Gasteiger partial charge >= 0.3 is 0 Å². The van der Waals surface area contributed by atoms with E-state index in [1.54, 1.807) is 11.3 Å². The van der Waals surface area contributed by atoms with Crippen LogP contribution in [0.5, 0.6) is 0 Å². The number of carbonyl (C=O) groups excluding carboxylic acids is 1. The van der Waals surface area contributed by atoms with Gasteiger partial charge in [0.15, 0.2) is 0 Å². The fourth-order valence-corrected chi connectivity index (χ4v) is 3.73. The molecular formula is C17H21N3OS. The fraction of sp³-hybridized carbons (Fsp3) is 0.412. The lowest BCUT2D eigenvalue weighted by molar-refractivity contribution is 0.0771. The molecule has 0 spiro atoms. The van der Waals surface area contributed by atoms with Crippen LogP contribution in [0.4, 0.5) is 5.69 Å². The number of thiophene rings is 1. The number of hydrogen-bond acceptors (Lipinski definition) is 4. The quantitative estimate of drug-likeness (QED) is 0.854. The van der Waals surface area contributed by atoms with Crippen molar-refractivity contribution in [2.45, 2.75) is 20.3 Å². The van der Waals surface area contributed by atoms with Crippen molar-refractivity contribution < 1.29 is 4.79 Å². The monoisotopic (exact) mass is 315 g/mol. The summed E-state index contributed by atoms with van der Waals surface area (Å²) in [6, 6.07) is 6.18. The number of aryl methyl sites for hydroxylation is 2. The van der Waals surface area contributed by atoms with E-state index < -0.39 is 0 Å². The van der Waals surface area contributed by atoms with Gasteiger partial charge in [-0.1, -0.05) is 0 Å². The molecule has 5 heteroatoms. The number of carbonyl (C=O) groups is 1. The van der Waals surface area contributed by atoms with Crippen molar-refractivity contribution in [1.29, 1.82) is 0 Å². The molecule has 0 radical (unpaired) electrons. The van der Waals surface area contributed by atoms with E-state index in [0.29, 0.717) is 0 Å². The summed E-state index contributed by atoms with van der Waals surface area (Å²) in [5.74, 6) is 0.181. The zero-order valence-corrected chi connectivity index (χ0v) is 13.9. The maximum Gasteiger partial charge on any atom is 0.264 e. The van der Waals surface area contributed by atoms with Crippen molar-refractivity contribution in [3.05, 3.63) is 45.9 Å². The summed E-state index contributed by atoms with van der Waals surface area (Å²) in [6.45, 7) is 7.48. The molecular weight excluding hydrogens is 294 g/mol. The van der Waals surface area contributed by atoms with Crippen LogP contribution in [0, 0.1) is 13.8 Å². The van der Waals surface area contributed by atoms with Crippen LogP contribution in [-0.2, 0) is 0 Å². The molecule has 3 heterocycles. The molecule has 0 bridgehead atoms. The zero-order chi connectivity index (χ0) is 15.5. The third-order valence-electron chi connectivity index (χ3n) is 4.08. The van der Waals surface area contributed by atoms with E-state index in [1.165, 1.54) is 5.69 Å². The average molecular weight is 315 g/mol. The van der Waals surface area contributed by atoms with Crippen molar-refractivity contribution in [3.63, 3.8) is 0 Å². The first-order chi connectivity index (χ1) is 10.6. The van der Waals surface area contributed by atoms with Gasteiger partial charge in [0.1, 0.15) is 0 Å². The van der Waals surface area contributed by atoms with E-state index in [0.717, 1.165) is 48.7 Å². The first-order valence-electron chi connectivity index (χ1n) is 7.66. The Labute approximate surface area is 135 Å². The maximum atomic E-state index is 12.6. The van der Waals surface area contributed by atoms with Gasteiger partial charge < -0.3 is 9.80 Å². The van der Waals surface area contributed by atoms with Crippen LogP contribution < -0.4 is 4.90 Å². The Morgan fingerprint density at radius 3 is 2.77 bits per heavy atom. The number of amides is 1. The predicted molar refractivity (Wildman–Crippen MR) is 90.8 cm³/mol. The molecule has 0 atom stereocenters. The van der Waals surface area contributed by atoms with E-state index in [2.05, 4.69) is 16.0 Å². The summed E-state index contributed by atoms with van der Waals surface area (Å²) < 4.78 is 0. The average Bonchev–Trinajstić information content (AvgIpc) is 2.79. The van der Waals surface area contributed by atoms with E-state index in [-0.39, 0.29) is 5.91 Å². The molecule has 22 heavy (non-hydrogen) atoms. The Hall–Kier alpha value is -1.88. The number of pyridine rings is 1. The van der Waals surface area contributed by atoms with Crippen molar-refractivity contribution in [3.8, 4) is 0 Å². The Morgan fingerprint density at radius 2 is 2.05 bits per heavy atom. The van der Waals surface area contributed by atoms with Crippen LogP contribution in [0.3, 0.4) is 0 Å². The minimum atomic E-state index is 0.181. The lowest BCUT2D eigenvalue weighted by atomic mass is 10.2. The van der Waals surface area contributed by atoms with Gasteiger partial charge in [-0.25, -0.2) is 0 Å². The Balaban J connectivity index is 1.70. The lowest BCUT2D eigenvalue weighted by Gasteiger charge is -2.23. The number of rotatable bonds is 2. The Bertz CT molecular complexity index is 667. The van der Waals surface area contributed by atoms with Gasteiger partial charge in [-0.15, -0.1) is 11.3 Å². The molecule has 1 amide bonds. The highest BCUT2D eigenvalue weighted by Gasteiger charge is 2.22. The second-order valence-electron chi connectivity index (χ2n) is 5.72. The minimum Gasteiger partial charge on any atom is -0.370 e. The fourth-order valence-electron chi connectivity index (χ4n) is 2.84. The highest BCUT2D eigenvalue weighted by molar-refractivity contribution is 7.12. The molecule has 0 aromatic carbocycles. The minimum absolute atomic E-state index is 0.181. The molecule has 4 nitrogen and oxygen atoms in total. The number of nitrogens with zero attached hydrogens (tertiary/aromatic N) is 3. The van der Waals surface area contributed by atoms with E-state index in [9.17, 15) is 4.79 Å². The van der Waals surface area contributed by atoms with Gasteiger partial charge in [-0.2, -0.15) is 0 Å². The van der Waals surface area contributed by atoms with Crippen molar-refractivity contribution in [1.82, 2.24) is 9.88 Å². The lowest BCUT2D eigenvalue weighted by Crippen LogP contribution is -2.35. The van der Waals surface area contributed by atoms with E-state index >= 15 is 0 Å². The smallest absolute Gasteiger partial charge is 0.264 e. The molecule has 1 aliphatic rings. The first-order valence-corrected chi connectivity index (χ1v) is 8.54. The van der Waals surface area contributed by atoms with Gasteiger partial charge in [-0.3, -0.25) is 9.78 Å². The summed E-state index contributed by atoms with van der Waals surface area (Å²) in [5, 5.41) is 1.99. The molecule has 1 saturated heterocycles. The second kappa shape index (κ2) is 6.48. The van der Waals surface area contributed by atoms with Gasteiger partial charge in [0, 0.05) is 43.8 Å². The van der Waals surface area contributed by atoms with Crippen LogP contribution in [0.25, 0.3) is 0 Å². The van der Waals surface area contributed by atoms with E-state index in [1.807, 2.05) is 42.5 Å². The summed E-state index contributed by atoms with van der Waals surface area (Å²) >= 11 is 1.54. The molecule has 0 saturated carbocycles. The molecule has 0 N–H and O–H groups in total. The number of hydrogen-bond donors (Lipinski definition) is 0. The highest BCUT2D eigenvalue weighted by Crippen LogP contribution is 2.21. The molecule has 1 fully saturated rings. The molecule has 0 unspecified atom stereocenters. The molecule has 3 rings (SSSR count). The second-order valence-corrected chi connectivity index (χ2v) is 6.64. The molecule has 116 valence electrons. The summed E-state index contributed by atoms with van der Waals surface area (Å²) in [7, 11) is 0. The zero-order valence-electron chi connectivity index (χ0n) is 13.1. The SMILES string of the molecule is Cc1cc(N2CCCN(C(=O)c3sccc3C)CC2)ccn1. The van der Waals surface area contributed by atoms with Gasteiger partial charge in [0.2, 0.25) is 0 Å². The van der Waals surface area contributed by atoms with Gasteiger partial charge in [0.05, 0.1) is 4.88 Å². The van der Waals surface area contributed by atoms with Gasteiger partial charge in [-0.05, 0) is 49.4 Å². The van der Waals surface area contributed by atoms with Crippen LogP contribution in [0.2, 0.25) is 0 Å². The van der Waals surface area contributed by atoms with Crippen LogP contribution >= 0.6 is 11.3 Å². The van der Waals surface area contributed by atoms with Crippen molar-refractivity contribution in [2.24, 2.45) is 0 Å². The summed E-state index contributed by atoms with van der Waals surface area (Å²) in [5.41, 5.74) is 3.32. The number of aromatic nitrogens is 1. The predicted octanol–water partition coefficient (Wildman–Crippen LogP) is 3.11. The highest BCUT2D eigenvalue weighted by atomic mass is 32.1. The molecule has 2 aromatic rings. The molecule has 1 aliphatic heterocycles. The maximum absolute atomic E-state index is 12.6. The van der Waals surface area contributed by atoms with Crippen LogP contribution in [0.1, 0.15) is 27.3 Å². The summed E-state index contributed by atoms with van der Waals surface area (Å²) in [4.78, 5) is 22.1. The first kappa shape index (κ1) is 15.0. The summed E-state index contributed by atoms with van der Waals surface area (Å²) in [6.07, 6.45) is 2.85. The van der Waals surface area contributed by atoms with Crippen molar-refractivity contribution in [2.75, 3.05) is 31.1 Å². The van der Waals surface area contributed by atoms with Crippen LogP contribution in [-0.4, -0.2) is 42.0 Å². The number of anilines is 1. The standard InChI is InChI=1S/C17H21N3OS/c1-13-5-11-22-16(13)17(21)20-8-3-7-19(9-10-20)15-4-6-18-14(2)12-15/h4-6,11-12H,3,7-10H2,1-2H3. The Morgan fingerprint density at radius 1 is 1.18 bits per heavy atom. The van der Waals surface area contributed by atoms with Crippen LogP contribution in [0.15, 0.2) is 29.8 Å². The largest absolute Gasteiger partial charge is 0.370 e. The third-order valence-corrected chi connectivity index (χ3v) is 5.09. The van der Waals surface area contributed by atoms with E-state index in [4.69, 9.17) is 0 Å². The molecule has 0 aliphatic carbocycles. The van der Waals surface area contributed by atoms with Crippen molar-refractivity contribution >= 4 is 22.9 Å².